The molecule has 0 saturated heterocycles. The summed E-state index contributed by atoms with van der Waals surface area (Å²) in [5.41, 5.74) is 3.90. The van der Waals surface area contributed by atoms with Gasteiger partial charge in [0.2, 0.25) is 0 Å². The summed E-state index contributed by atoms with van der Waals surface area (Å²) in [6, 6.07) is 19.9. The number of hydrogen-bond acceptors (Lipinski definition) is 3. The molecule has 0 bridgehead atoms. The minimum Gasteiger partial charge on any atom is -0.338 e. The summed E-state index contributed by atoms with van der Waals surface area (Å²) in [7, 11) is 0. The number of alkyl halides is 2. The summed E-state index contributed by atoms with van der Waals surface area (Å²) < 4.78 is 0. The van der Waals surface area contributed by atoms with E-state index >= 15 is 0 Å². The Morgan fingerprint density at radius 1 is 0.897 bits per heavy atom. The zero-order valence-corrected chi connectivity index (χ0v) is 19.6. The summed E-state index contributed by atoms with van der Waals surface area (Å²) in [6.45, 7) is 5.72. The molecule has 4 rings (SSSR count). The van der Waals surface area contributed by atoms with Crippen molar-refractivity contribution in [2.24, 2.45) is 0 Å². The van der Waals surface area contributed by atoms with Gasteiger partial charge in [-0.2, -0.15) is 0 Å². The molecular weight excluding hydrogens is 443 g/mol. The minimum atomic E-state index is 0. The molecule has 1 aliphatic heterocycles. The lowest BCUT2D eigenvalue weighted by Gasteiger charge is -2.35. The molecule has 0 unspecified atom stereocenters. The quantitative estimate of drug-likeness (QED) is 0.347. The number of aryl methyl sites for hydroxylation is 1. The molecule has 0 aliphatic carbocycles. The number of fused-ring (bicyclic) bond motifs is 4. The predicted octanol–water partition coefficient (Wildman–Crippen LogP) is 6.95. The summed E-state index contributed by atoms with van der Waals surface area (Å²) in [6.07, 6.45) is 0. The van der Waals surface area contributed by atoms with E-state index in [1.54, 1.807) is 0 Å². The molecule has 1 aliphatic rings. The molecule has 3 aromatic carbocycles. The number of halogens is 3. The average molecular weight is 468 g/mol. The molecule has 154 valence electrons. The number of nitrogens with zero attached hydrogens (tertiary/aromatic N) is 2. The van der Waals surface area contributed by atoms with Crippen LogP contribution >= 0.6 is 47.4 Å². The highest BCUT2D eigenvalue weighted by atomic mass is 35.5. The Labute approximate surface area is 193 Å². The molecule has 6 heteroatoms. The van der Waals surface area contributed by atoms with Crippen LogP contribution in [-0.2, 0) is 0 Å². The largest absolute Gasteiger partial charge is 0.338 e. The molecule has 0 spiro atoms. The summed E-state index contributed by atoms with van der Waals surface area (Å²) in [5.74, 6) is 1.25. The van der Waals surface area contributed by atoms with Gasteiger partial charge in [-0.25, -0.2) is 0 Å². The third-order valence-electron chi connectivity index (χ3n) is 5.20. The molecule has 0 radical (unpaired) electrons. The van der Waals surface area contributed by atoms with Crippen LogP contribution in [0.5, 0.6) is 0 Å². The summed E-state index contributed by atoms with van der Waals surface area (Å²) in [4.78, 5) is 7.47. The Bertz CT molecular complexity index is 973. The molecule has 0 fully saturated rings. The lowest BCUT2D eigenvalue weighted by atomic mass is 10.1. The Kier molecular flexibility index (Phi) is 8.00. The van der Waals surface area contributed by atoms with E-state index in [1.165, 1.54) is 37.5 Å². The Morgan fingerprint density at radius 2 is 1.66 bits per heavy atom. The number of anilines is 2. The van der Waals surface area contributed by atoms with E-state index in [4.69, 9.17) is 23.2 Å². The van der Waals surface area contributed by atoms with Gasteiger partial charge in [-0.1, -0.05) is 48.2 Å². The van der Waals surface area contributed by atoms with E-state index in [0.717, 1.165) is 26.2 Å². The first kappa shape index (κ1) is 22.6. The molecule has 0 atom stereocenters. The standard InChI is InChI=1S/C23H24Cl2N2S.ClH/c1-17-6-8-20-22(16-17)28-21-9-7-18-4-2-3-5-19(18)23(21)27(20)15-14-26(12-10-24)13-11-25;/h2-9,16H,10-15H2,1H3;1H. The fraction of sp³-hybridized carbons (Fsp3) is 0.304. The molecule has 0 amide bonds. The van der Waals surface area contributed by atoms with Gasteiger partial charge in [0.1, 0.15) is 0 Å². The normalized spacial score (nSPS) is 12.6. The maximum atomic E-state index is 6.01. The first-order valence-electron chi connectivity index (χ1n) is 9.63. The molecule has 0 saturated carbocycles. The van der Waals surface area contributed by atoms with Crippen LogP contribution in [0.2, 0.25) is 0 Å². The highest BCUT2D eigenvalue weighted by molar-refractivity contribution is 7.99. The smallest absolute Gasteiger partial charge is 0.0632 e. The molecule has 3 aromatic rings. The first-order valence-corrected chi connectivity index (χ1v) is 11.5. The van der Waals surface area contributed by atoms with Crippen molar-refractivity contribution in [3.05, 3.63) is 60.2 Å². The Morgan fingerprint density at radius 3 is 2.41 bits per heavy atom. The van der Waals surface area contributed by atoms with Crippen molar-refractivity contribution in [1.82, 2.24) is 4.90 Å². The van der Waals surface area contributed by atoms with Crippen LogP contribution in [0.1, 0.15) is 5.56 Å². The number of rotatable bonds is 7. The number of hydrogen-bond donors (Lipinski definition) is 0. The van der Waals surface area contributed by atoms with Crippen molar-refractivity contribution in [3.63, 3.8) is 0 Å². The van der Waals surface area contributed by atoms with E-state index in [2.05, 4.69) is 71.3 Å². The first-order chi connectivity index (χ1) is 13.7. The van der Waals surface area contributed by atoms with Crippen LogP contribution in [0.4, 0.5) is 11.4 Å². The van der Waals surface area contributed by atoms with E-state index in [9.17, 15) is 0 Å². The number of benzene rings is 3. The third kappa shape index (κ3) is 4.81. The minimum absolute atomic E-state index is 0. The average Bonchev–Trinajstić information content (AvgIpc) is 2.71. The van der Waals surface area contributed by atoms with Gasteiger partial charge in [-0.05, 0) is 36.1 Å². The van der Waals surface area contributed by atoms with E-state index in [1.807, 2.05) is 11.8 Å². The van der Waals surface area contributed by atoms with Crippen LogP contribution in [0.15, 0.2) is 64.4 Å². The van der Waals surface area contributed by atoms with Crippen molar-refractivity contribution < 1.29 is 0 Å². The van der Waals surface area contributed by atoms with E-state index < -0.39 is 0 Å². The fourth-order valence-electron chi connectivity index (χ4n) is 3.81. The maximum Gasteiger partial charge on any atom is 0.0632 e. The summed E-state index contributed by atoms with van der Waals surface area (Å²) >= 11 is 13.9. The third-order valence-corrected chi connectivity index (χ3v) is 6.64. The van der Waals surface area contributed by atoms with Crippen molar-refractivity contribution >= 4 is 69.5 Å². The van der Waals surface area contributed by atoms with Gasteiger partial charge in [0.05, 0.1) is 11.4 Å². The molecule has 29 heavy (non-hydrogen) atoms. The van der Waals surface area contributed by atoms with Crippen LogP contribution in [0, 0.1) is 6.92 Å². The molecular formula is C23H25Cl3N2S. The zero-order valence-electron chi connectivity index (χ0n) is 16.4. The molecule has 1 heterocycles. The molecule has 2 nitrogen and oxygen atoms in total. The highest BCUT2D eigenvalue weighted by Crippen LogP contribution is 2.50. The van der Waals surface area contributed by atoms with Gasteiger partial charge in [0.25, 0.3) is 0 Å². The predicted molar refractivity (Wildman–Crippen MR) is 131 cm³/mol. The van der Waals surface area contributed by atoms with Crippen molar-refractivity contribution in [2.45, 2.75) is 16.7 Å². The topological polar surface area (TPSA) is 6.48 Å². The second kappa shape index (κ2) is 10.3. The van der Waals surface area contributed by atoms with Gasteiger partial charge >= 0.3 is 0 Å². The van der Waals surface area contributed by atoms with Crippen molar-refractivity contribution in [3.8, 4) is 0 Å². The van der Waals surface area contributed by atoms with E-state index in [-0.39, 0.29) is 12.4 Å². The molecule has 0 N–H and O–H groups in total. The Balaban J connectivity index is 0.00000240. The van der Waals surface area contributed by atoms with Crippen molar-refractivity contribution in [2.75, 3.05) is 42.8 Å². The monoisotopic (exact) mass is 466 g/mol. The van der Waals surface area contributed by atoms with Crippen molar-refractivity contribution in [1.29, 1.82) is 0 Å². The van der Waals surface area contributed by atoms with Gasteiger partial charge < -0.3 is 4.90 Å². The van der Waals surface area contributed by atoms with E-state index in [0.29, 0.717) is 11.8 Å². The van der Waals surface area contributed by atoms with Crippen LogP contribution in [-0.4, -0.2) is 42.8 Å². The maximum absolute atomic E-state index is 6.01. The Hall–Kier alpha value is -1.10. The van der Waals surface area contributed by atoms with Crippen LogP contribution < -0.4 is 4.90 Å². The van der Waals surface area contributed by atoms with Crippen LogP contribution in [0.25, 0.3) is 10.8 Å². The second-order valence-corrected chi connectivity index (χ2v) is 8.92. The lowest BCUT2D eigenvalue weighted by Crippen LogP contribution is -2.36. The van der Waals surface area contributed by atoms with Gasteiger partial charge in [0, 0.05) is 53.1 Å². The van der Waals surface area contributed by atoms with Gasteiger partial charge in [-0.3, -0.25) is 4.90 Å². The lowest BCUT2D eigenvalue weighted by molar-refractivity contribution is 0.315. The molecule has 0 aromatic heterocycles. The van der Waals surface area contributed by atoms with Crippen LogP contribution in [0.3, 0.4) is 0 Å². The second-order valence-electron chi connectivity index (χ2n) is 7.08. The van der Waals surface area contributed by atoms with Gasteiger partial charge in [0.15, 0.2) is 0 Å². The highest BCUT2D eigenvalue weighted by Gasteiger charge is 2.25. The SMILES string of the molecule is Cc1ccc2c(c1)Sc1ccc3ccccc3c1N2CCN(CCCl)CCCl.Cl. The van der Waals surface area contributed by atoms with Gasteiger partial charge in [-0.15, -0.1) is 35.6 Å². The zero-order chi connectivity index (χ0) is 19.5. The summed E-state index contributed by atoms with van der Waals surface area (Å²) in [5, 5.41) is 2.58. The fourth-order valence-corrected chi connectivity index (χ4v) is 5.50.